The first-order valence-electron chi connectivity index (χ1n) is 8.74. The lowest BCUT2D eigenvalue weighted by molar-refractivity contribution is -0.135. The molecule has 0 spiro atoms. The maximum Gasteiger partial charge on any atom is 0.389 e. The van der Waals surface area contributed by atoms with Gasteiger partial charge in [0, 0.05) is 31.1 Å². The van der Waals surface area contributed by atoms with E-state index in [0.29, 0.717) is 42.5 Å². The predicted molar refractivity (Wildman–Crippen MR) is 91.9 cm³/mol. The molecular formula is C17H22F5N3O3. The minimum Gasteiger partial charge on any atom is -0.454 e. The van der Waals surface area contributed by atoms with Gasteiger partial charge in [0.25, 0.3) is 0 Å². The van der Waals surface area contributed by atoms with E-state index in [9.17, 15) is 22.0 Å². The zero-order chi connectivity index (χ0) is 20.6. The van der Waals surface area contributed by atoms with Crippen LogP contribution in [0.1, 0.15) is 31.7 Å². The van der Waals surface area contributed by atoms with Crippen molar-refractivity contribution >= 4 is 5.96 Å². The molecule has 0 amide bonds. The highest BCUT2D eigenvalue weighted by atomic mass is 19.4. The Labute approximate surface area is 159 Å². The van der Waals surface area contributed by atoms with Crippen molar-refractivity contribution in [3.05, 3.63) is 17.7 Å². The minimum absolute atomic E-state index is 0.00340. The van der Waals surface area contributed by atoms with Crippen molar-refractivity contribution in [1.29, 1.82) is 0 Å². The van der Waals surface area contributed by atoms with Crippen LogP contribution in [0.2, 0.25) is 0 Å². The Kier molecular flexibility index (Phi) is 7.94. The third kappa shape index (κ3) is 7.28. The second kappa shape index (κ2) is 10.2. The topological polar surface area (TPSA) is 64.1 Å². The van der Waals surface area contributed by atoms with E-state index in [-0.39, 0.29) is 25.5 Å². The molecule has 0 radical (unpaired) electrons. The second-order valence-corrected chi connectivity index (χ2v) is 5.89. The molecule has 28 heavy (non-hydrogen) atoms. The normalized spacial score (nSPS) is 13.8. The van der Waals surface area contributed by atoms with E-state index in [2.05, 4.69) is 20.4 Å². The lowest BCUT2D eigenvalue weighted by Gasteiger charge is -2.13. The second-order valence-electron chi connectivity index (χ2n) is 5.89. The third-order valence-corrected chi connectivity index (χ3v) is 3.70. The molecule has 0 fully saturated rings. The Bertz CT molecular complexity index is 668. The van der Waals surface area contributed by atoms with Crippen LogP contribution in [0.25, 0.3) is 0 Å². The Morgan fingerprint density at radius 2 is 1.89 bits per heavy atom. The molecule has 0 bridgehead atoms. The van der Waals surface area contributed by atoms with Crippen molar-refractivity contribution in [2.75, 3.05) is 19.9 Å². The van der Waals surface area contributed by atoms with Crippen LogP contribution in [0.4, 0.5) is 22.0 Å². The first kappa shape index (κ1) is 21.8. The molecule has 0 atom stereocenters. The van der Waals surface area contributed by atoms with Gasteiger partial charge in [-0.05, 0) is 25.8 Å². The van der Waals surface area contributed by atoms with Gasteiger partial charge in [0.1, 0.15) is 5.75 Å². The van der Waals surface area contributed by atoms with E-state index in [1.54, 1.807) is 0 Å². The molecular weight excluding hydrogens is 389 g/mol. The van der Waals surface area contributed by atoms with Gasteiger partial charge in [0.05, 0.1) is 6.54 Å². The van der Waals surface area contributed by atoms with Crippen LogP contribution in [0, 0.1) is 0 Å². The smallest absolute Gasteiger partial charge is 0.389 e. The summed E-state index contributed by atoms with van der Waals surface area (Å²) in [6, 6.07) is 2.83. The Morgan fingerprint density at radius 1 is 1.18 bits per heavy atom. The number of fused-ring (bicyclic) bond motifs is 1. The summed E-state index contributed by atoms with van der Waals surface area (Å²) in [6.45, 7) is -0.385. The van der Waals surface area contributed by atoms with Gasteiger partial charge in [0.2, 0.25) is 6.79 Å². The molecule has 0 aromatic heterocycles. The number of benzene rings is 1. The van der Waals surface area contributed by atoms with Crippen LogP contribution in [0.3, 0.4) is 0 Å². The van der Waals surface area contributed by atoms with Gasteiger partial charge < -0.3 is 24.8 Å². The molecule has 0 aliphatic carbocycles. The number of hydrogen-bond donors (Lipinski definition) is 2. The molecule has 1 heterocycles. The SMILES string of the molecule is CCNC(=NCc1cc2c(cc1OC(F)F)OCO2)NCCCCC(F)(F)F. The fourth-order valence-electron chi connectivity index (χ4n) is 2.46. The Morgan fingerprint density at radius 3 is 2.54 bits per heavy atom. The lowest BCUT2D eigenvalue weighted by Crippen LogP contribution is -2.37. The Hall–Kier alpha value is -2.46. The molecule has 6 nitrogen and oxygen atoms in total. The number of nitrogens with one attached hydrogen (secondary N) is 2. The molecule has 158 valence electrons. The van der Waals surface area contributed by atoms with Crippen LogP contribution in [-0.2, 0) is 6.54 Å². The average molecular weight is 411 g/mol. The van der Waals surface area contributed by atoms with Crippen LogP contribution < -0.4 is 24.8 Å². The van der Waals surface area contributed by atoms with E-state index in [1.807, 2.05) is 6.92 Å². The number of ether oxygens (including phenoxy) is 3. The van der Waals surface area contributed by atoms with Crippen molar-refractivity contribution in [2.24, 2.45) is 4.99 Å². The van der Waals surface area contributed by atoms with Crippen molar-refractivity contribution in [3.63, 3.8) is 0 Å². The average Bonchev–Trinajstić information content (AvgIpc) is 3.04. The van der Waals surface area contributed by atoms with Crippen LogP contribution >= 0.6 is 0 Å². The van der Waals surface area contributed by atoms with E-state index in [0.717, 1.165) is 0 Å². The number of rotatable bonds is 9. The molecule has 11 heteroatoms. The molecule has 0 unspecified atom stereocenters. The van der Waals surface area contributed by atoms with E-state index < -0.39 is 19.2 Å². The molecule has 0 saturated heterocycles. The molecule has 1 aromatic rings. The van der Waals surface area contributed by atoms with Crippen LogP contribution in [0.15, 0.2) is 17.1 Å². The molecule has 1 aromatic carbocycles. The number of alkyl halides is 5. The van der Waals surface area contributed by atoms with Crippen molar-refractivity contribution in [3.8, 4) is 17.2 Å². The highest BCUT2D eigenvalue weighted by Gasteiger charge is 2.25. The number of nitrogens with zero attached hydrogens (tertiary/aromatic N) is 1. The quantitative estimate of drug-likeness (QED) is 0.280. The van der Waals surface area contributed by atoms with Gasteiger partial charge in [-0.2, -0.15) is 22.0 Å². The summed E-state index contributed by atoms with van der Waals surface area (Å²) in [5.74, 6) is 0.981. The monoisotopic (exact) mass is 411 g/mol. The number of guanidine groups is 1. The van der Waals surface area contributed by atoms with Crippen LogP contribution in [-0.4, -0.2) is 38.6 Å². The van der Waals surface area contributed by atoms with E-state index >= 15 is 0 Å². The van der Waals surface area contributed by atoms with E-state index in [1.165, 1.54) is 12.1 Å². The largest absolute Gasteiger partial charge is 0.454 e. The summed E-state index contributed by atoms with van der Waals surface area (Å²) < 4.78 is 76.7. The van der Waals surface area contributed by atoms with E-state index in [4.69, 9.17) is 9.47 Å². The molecule has 1 aliphatic rings. The standard InChI is InChI=1S/C17H22F5N3O3/c1-2-23-16(24-6-4-3-5-17(20,21)22)25-9-11-7-13-14(27-10-26-13)8-12(11)28-15(18)19/h7-8,15H,2-6,9-10H2,1H3,(H2,23,24,25). The highest BCUT2D eigenvalue weighted by molar-refractivity contribution is 5.79. The number of aliphatic imine (C=N–C) groups is 1. The summed E-state index contributed by atoms with van der Waals surface area (Å²) >= 11 is 0. The summed E-state index contributed by atoms with van der Waals surface area (Å²) in [5.41, 5.74) is 0.360. The molecule has 1 aliphatic heterocycles. The van der Waals surface area contributed by atoms with Gasteiger partial charge in [-0.3, -0.25) is 0 Å². The number of hydrogen-bond acceptors (Lipinski definition) is 4. The molecule has 2 rings (SSSR count). The highest BCUT2D eigenvalue weighted by Crippen LogP contribution is 2.39. The fourth-order valence-corrected chi connectivity index (χ4v) is 2.46. The van der Waals surface area contributed by atoms with Crippen molar-refractivity contribution in [1.82, 2.24) is 10.6 Å². The number of halogens is 5. The fraction of sp³-hybridized carbons (Fsp3) is 0.588. The zero-order valence-corrected chi connectivity index (χ0v) is 15.2. The van der Waals surface area contributed by atoms with Gasteiger partial charge in [-0.1, -0.05) is 0 Å². The maximum atomic E-state index is 12.7. The summed E-state index contributed by atoms with van der Waals surface area (Å²) in [7, 11) is 0. The van der Waals surface area contributed by atoms with Crippen LogP contribution in [0.5, 0.6) is 17.2 Å². The summed E-state index contributed by atoms with van der Waals surface area (Å²) in [5, 5.41) is 5.86. The van der Waals surface area contributed by atoms with Gasteiger partial charge in [0.15, 0.2) is 17.5 Å². The maximum absolute atomic E-state index is 12.7. The molecule has 0 saturated carbocycles. The van der Waals surface area contributed by atoms with Gasteiger partial charge in [-0.25, -0.2) is 4.99 Å². The summed E-state index contributed by atoms with van der Waals surface area (Å²) in [4.78, 5) is 4.27. The van der Waals surface area contributed by atoms with Gasteiger partial charge in [-0.15, -0.1) is 0 Å². The first-order valence-corrected chi connectivity index (χ1v) is 8.74. The van der Waals surface area contributed by atoms with Crippen molar-refractivity contribution < 1.29 is 36.2 Å². The lowest BCUT2D eigenvalue weighted by atomic mass is 10.1. The Balaban J connectivity index is 1.99. The number of unbranched alkanes of at least 4 members (excludes halogenated alkanes) is 1. The minimum atomic E-state index is -4.17. The van der Waals surface area contributed by atoms with Crippen molar-refractivity contribution in [2.45, 2.75) is 45.5 Å². The predicted octanol–water partition coefficient (Wildman–Crippen LogP) is 3.80. The zero-order valence-electron chi connectivity index (χ0n) is 15.2. The first-order chi connectivity index (χ1) is 13.3. The summed E-state index contributed by atoms with van der Waals surface area (Å²) in [6.07, 6.45) is -4.69. The molecule has 2 N–H and O–H groups in total. The van der Waals surface area contributed by atoms with Gasteiger partial charge >= 0.3 is 12.8 Å². The third-order valence-electron chi connectivity index (χ3n) is 3.70.